The van der Waals surface area contributed by atoms with E-state index in [1.54, 1.807) is 43.3 Å². The number of aromatic nitrogens is 2. The number of benzene rings is 3. The summed E-state index contributed by atoms with van der Waals surface area (Å²) in [7, 11) is 5.05. The molecular weight excluding hydrogens is 919 g/mol. The first-order chi connectivity index (χ1) is 32.9. The zero-order valence-electron chi connectivity index (χ0n) is 40.1. The Morgan fingerprint density at radius 3 is 2.20 bits per heavy atom. The molecule has 1 aliphatic rings. The van der Waals surface area contributed by atoms with Gasteiger partial charge in [-0.1, -0.05) is 78.8 Å². The van der Waals surface area contributed by atoms with Crippen LogP contribution < -0.4 is 47.9 Å². The second kappa shape index (κ2) is 24.9. The number of hydrogen-bond donors (Lipinski definition) is 7. The predicted molar refractivity (Wildman–Crippen MR) is 269 cm³/mol. The van der Waals surface area contributed by atoms with Crippen LogP contribution in [0.2, 0.25) is 0 Å². The van der Waals surface area contributed by atoms with Gasteiger partial charge < -0.3 is 52.8 Å². The first-order valence-electron chi connectivity index (χ1n) is 22.6. The highest BCUT2D eigenvalue weighted by molar-refractivity contribution is 8.77. The third-order valence-corrected chi connectivity index (χ3v) is 14.7. The highest BCUT2D eigenvalue weighted by Crippen LogP contribution is 2.45. The monoisotopic (exact) mass is 981 g/mol. The average Bonchev–Trinajstić information content (AvgIpc) is 3.32. The van der Waals surface area contributed by atoms with Crippen LogP contribution in [0.15, 0.2) is 66.9 Å². The van der Waals surface area contributed by atoms with Gasteiger partial charge in [0.2, 0.25) is 23.6 Å². The molecule has 2 heterocycles. The van der Waals surface area contributed by atoms with Gasteiger partial charge in [-0.15, -0.1) is 0 Å². The van der Waals surface area contributed by atoms with Crippen molar-refractivity contribution in [3.8, 4) is 40.1 Å². The van der Waals surface area contributed by atoms with Gasteiger partial charge in [0.1, 0.15) is 55.4 Å². The van der Waals surface area contributed by atoms with Gasteiger partial charge in [0, 0.05) is 59.4 Å². The number of likely N-dealkylation sites (N-methyl/N-ethyl adjacent to an activating group) is 1. The minimum atomic E-state index is -1.41. The van der Waals surface area contributed by atoms with E-state index in [-0.39, 0.29) is 67.8 Å². The first-order valence-corrected chi connectivity index (χ1v) is 24.8. The van der Waals surface area contributed by atoms with Gasteiger partial charge in [-0.25, -0.2) is 9.97 Å². The van der Waals surface area contributed by atoms with Crippen molar-refractivity contribution >= 4 is 51.1 Å². The molecule has 4 bridgehead atoms. The van der Waals surface area contributed by atoms with Crippen LogP contribution in [0.3, 0.4) is 0 Å². The number of fused-ring (bicyclic) bond motifs is 5. The van der Waals surface area contributed by atoms with E-state index < -0.39 is 53.7 Å². The lowest BCUT2D eigenvalue weighted by molar-refractivity contribution is -0.141. The maximum absolute atomic E-state index is 14.7. The fourth-order valence-corrected chi connectivity index (χ4v) is 9.70. The largest absolute Gasteiger partial charge is 0.492 e. The molecule has 0 spiro atoms. The molecule has 0 fully saturated rings. The summed E-state index contributed by atoms with van der Waals surface area (Å²) in [6.45, 7) is 12.2. The molecule has 0 saturated carbocycles. The molecule has 3 aromatic carbocycles. The van der Waals surface area contributed by atoms with E-state index in [1.807, 2.05) is 51.9 Å². The fraction of sp³-hybridized carbons (Fsp3) is 0.429. The normalized spacial score (nSPS) is 16.9. The number of nitrogens with zero attached hydrogens (tertiary/aromatic N) is 4. The van der Waals surface area contributed by atoms with E-state index in [4.69, 9.17) is 26.7 Å². The summed E-state index contributed by atoms with van der Waals surface area (Å²) in [5, 5.41) is 20.2. The Kier molecular flexibility index (Phi) is 19.4. The van der Waals surface area contributed by atoms with Crippen LogP contribution in [0, 0.1) is 18.3 Å². The number of nitrogens with two attached hydrogens (primary N) is 3. The van der Waals surface area contributed by atoms with Crippen molar-refractivity contribution in [3.63, 3.8) is 0 Å². The molecule has 1 aromatic heterocycles. The van der Waals surface area contributed by atoms with Gasteiger partial charge in [0.15, 0.2) is 5.82 Å². The number of carbonyl (C=O) groups excluding carboxylic acids is 5. The lowest BCUT2D eigenvalue weighted by atomic mass is 9.93. The zero-order valence-corrected chi connectivity index (χ0v) is 41.7. The van der Waals surface area contributed by atoms with Gasteiger partial charge in [0.25, 0.3) is 5.91 Å². The van der Waals surface area contributed by atoms with Crippen LogP contribution >= 0.6 is 21.6 Å². The predicted octanol–water partition coefficient (Wildman–Crippen LogP) is 3.87. The Bertz CT molecular complexity index is 2520. The highest BCUT2D eigenvalue weighted by atomic mass is 33.1. The Labute approximate surface area is 411 Å². The maximum Gasteiger partial charge on any atom is 0.255 e. The molecule has 1 aliphatic heterocycles. The quantitative estimate of drug-likeness (QED) is 0.0551. The summed E-state index contributed by atoms with van der Waals surface area (Å²) < 4.78 is 12.3. The number of ether oxygens (including phenoxy) is 2. The first kappa shape index (κ1) is 53.7. The lowest BCUT2D eigenvalue weighted by Crippen LogP contribution is -2.56. The van der Waals surface area contributed by atoms with Crippen molar-refractivity contribution in [2.45, 2.75) is 88.5 Å². The summed E-state index contributed by atoms with van der Waals surface area (Å²) in [5.74, 6) is -2.17. The molecule has 368 valence electrons. The fourth-order valence-electron chi connectivity index (χ4n) is 7.37. The average molecular weight is 982 g/mol. The standard InChI is InChI=1S/C49H63N11O7S2/c1-28-37(27-55-43(56-28)33-11-9-32(10-12-33)30(3)68-69-49(4,5)6)45(62)58-38(16-17-50)48(65)60(7)42-34-13-15-41(67-23-20-53)36(26-34)35-24-31(8-14-40(35)66-22-19-52)25-39(46(63)54-21-18-51)59-44(61)29(2)57-47(42)64/h8-15,24,26-27,29-30,38-39,42H,16-17,19-23,25,50,52-53H2,1-7H3,(H,54,63)(H,57,64)(H,58,62)(H,59,61)/t29-,30-,38-,39-,42-/m0/s1. The van der Waals surface area contributed by atoms with Crippen molar-refractivity contribution in [2.75, 3.05) is 46.4 Å². The number of aryl methyl sites for hydroxylation is 1. The smallest absolute Gasteiger partial charge is 0.255 e. The molecule has 20 heteroatoms. The summed E-state index contributed by atoms with van der Waals surface area (Å²) >= 11 is 0. The number of rotatable bonds is 18. The van der Waals surface area contributed by atoms with Gasteiger partial charge in [-0.05, 0) is 74.7 Å². The van der Waals surface area contributed by atoms with Crippen molar-refractivity contribution in [1.82, 2.24) is 36.1 Å². The van der Waals surface area contributed by atoms with Crippen LogP contribution in [0.5, 0.6) is 11.5 Å². The van der Waals surface area contributed by atoms with E-state index in [9.17, 15) is 29.2 Å². The molecule has 0 radical (unpaired) electrons. The van der Waals surface area contributed by atoms with Gasteiger partial charge in [0.05, 0.1) is 17.3 Å². The number of nitriles is 1. The Balaban J connectivity index is 1.50. The van der Waals surface area contributed by atoms with E-state index in [1.165, 1.54) is 25.1 Å². The zero-order chi connectivity index (χ0) is 50.4. The number of amides is 5. The van der Waals surface area contributed by atoms with E-state index in [2.05, 4.69) is 58.9 Å². The van der Waals surface area contributed by atoms with Crippen LogP contribution in [-0.2, 0) is 25.6 Å². The second-order valence-electron chi connectivity index (χ2n) is 17.4. The molecule has 5 atom stereocenters. The van der Waals surface area contributed by atoms with Crippen LogP contribution in [-0.4, -0.2) is 114 Å². The minimum absolute atomic E-state index is 0.000554. The van der Waals surface area contributed by atoms with Crippen molar-refractivity contribution < 1.29 is 33.4 Å². The number of carbonyl (C=O) groups is 5. The summed E-state index contributed by atoms with van der Waals surface area (Å²) in [6.07, 6.45) is 1.41. The summed E-state index contributed by atoms with van der Waals surface area (Å²) in [5.41, 5.74) is 22.0. The summed E-state index contributed by atoms with van der Waals surface area (Å²) in [6, 6.07) is 15.0. The third-order valence-electron chi connectivity index (χ3n) is 10.9. The molecule has 5 amide bonds. The van der Waals surface area contributed by atoms with E-state index in [0.29, 0.717) is 45.3 Å². The van der Waals surface area contributed by atoms with Crippen molar-refractivity contribution in [2.24, 2.45) is 17.2 Å². The molecule has 5 rings (SSSR count). The Morgan fingerprint density at radius 1 is 0.942 bits per heavy atom. The van der Waals surface area contributed by atoms with Gasteiger partial charge >= 0.3 is 0 Å². The number of nitrogens with one attached hydrogen (secondary N) is 4. The minimum Gasteiger partial charge on any atom is -0.492 e. The van der Waals surface area contributed by atoms with Crippen LogP contribution in [0.25, 0.3) is 22.5 Å². The molecule has 4 aromatic rings. The van der Waals surface area contributed by atoms with E-state index in [0.717, 1.165) is 11.1 Å². The SMILES string of the molecule is Cc1nc(-c2ccc([C@H](C)SSC(C)(C)C)cc2)ncc1C(=O)N[C@@H](CCN)C(=O)N(C)[C@@H]1C(=O)N[C@@H](C)C(=O)N[C@H](C(=O)NCC#N)Cc2ccc(OCCN)c(c2)-c2cc1ccc2OCCN. The molecule has 0 aliphatic carbocycles. The molecular formula is C49H63N11O7S2. The van der Waals surface area contributed by atoms with Crippen molar-refractivity contribution in [3.05, 3.63) is 94.8 Å². The highest BCUT2D eigenvalue weighted by Gasteiger charge is 2.36. The second-order valence-corrected chi connectivity index (χ2v) is 20.8. The van der Waals surface area contributed by atoms with Crippen molar-refractivity contribution in [1.29, 1.82) is 5.26 Å². The molecule has 69 heavy (non-hydrogen) atoms. The Morgan fingerprint density at radius 2 is 1.59 bits per heavy atom. The maximum atomic E-state index is 14.7. The number of hydrogen-bond acceptors (Lipinski definition) is 15. The van der Waals surface area contributed by atoms with Gasteiger partial charge in [-0.3, -0.25) is 24.0 Å². The van der Waals surface area contributed by atoms with Crippen LogP contribution in [0.1, 0.15) is 85.1 Å². The lowest BCUT2D eigenvalue weighted by Gasteiger charge is -2.32. The molecule has 0 unspecified atom stereocenters. The summed E-state index contributed by atoms with van der Waals surface area (Å²) in [4.78, 5) is 80.7. The third kappa shape index (κ3) is 14.4. The molecule has 10 N–H and O–H groups in total. The molecule has 0 saturated heterocycles. The topological polar surface area (TPSA) is 283 Å². The Hall–Kier alpha value is -6.24. The van der Waals surface area contributed by atoms with E-state index >= 15 is 0 Å². The van der Waals surface area contributed by atoms with Gasteiger partial charge in [-0.2, -0.15) is 5.26 Å². The van der Waals surface area contributed by atoms with Crippen LogP contribution in [0.4, 0.5) is 0 Å². The molecule has 18 nitrogen and oxygen atoms in total.